The largest absolute Gasteiger partial charge is 0.399 e. The zero-order chi connectivity index (χ0) is 41.1. The van der Waals surface area contributed by atoms with Gasteiger partial charge in [-0.05, 0) is 106 Å². The highest BCUT2D eigenvalue weighted by Gasteiger charge is 2.50. The van der Waals surface area contributed by atoms with Crippen LogP contribution >= 0.6 is 15.9 Å². The standard InChI is InChI=1S/C23H25BrFN5O2S.C15H22FN3O2S/c1-14-22(2,3)33(31,32)30(5)13-23(4,29-14)18-11-17(6-7-19(18)25)28-21-20-15(8-9-26-21)10-16(24)12-27-20;1-10-14(2,3)22(20,21)19(5)9-15(4,18-10)12-8-11(17)6-7-13(12)16/h6-12,29H,1,13H2,2-5H3,(H,26,28);6-8,18H,1,9,17H2,2-5H3/t23-;15-/m00/s1. The number of likely N-dealkylation sites (N-methyl/N-ethyl adjacent to an activating group) is 2. The van der Waals surface area contributed by atoms with Gasteiger partial charge < -0.3 is 21.7 Å². The molecule has 4 heterocycles. The molecule has 2 atom stereocenters. The van der Waals surface area contributed by atoms with E-state index in [4.69, 9.17) is 5.73 Å². The van der Waals surface area contributed by atoms with Crippen molar-refractivity contribution in [3.05, 3.63) is 113 Å². The lowest BCUT2D eigenvalue weighted by atomic mass is 9.89. The third kappa shape index (κ3) is 7.56. The second kappa shape index (κ2) is 14.4. The molecule has 2 aromatic carbocycles. The number of hydrogen-bond acceptors (Lipinski definition) is 10. The number of nitrogens with one attached hydrogen (secondary N) is 3. The van der Waals surface area contributed by atoms with Crippen LogP contribution in [-0.2, 0) is 31.1 Å². The van der Waals surface area contributed by atoms with Gasteiger partial charge in [-0.15, -0.1) is 0 Å². The molecule has 5 N–H and O–H groups in total. The van der Waals surface area contributed by atoms with Crippen LogP contribution in [0.5, 0.6) is 0 Å². The molecule has 0 saturated carbocycles. The summed E-state index contributed by atoms with van der Waals surface area (Å²) in [4.78, 5) is 8.83. The van der Waals surface area contributed by atoms with E-state index in [-0.39, 0.29) is 13.1 Å². The van der Waals surface area contributed by atoms with Crippen LogP contribution in [0.4, 0.5) is 26.0 Å². The van der Waals surface area contributed by atoms with E-state index in [1.54, 1.807) is 66.1 Å². The van der Waals surface area contributed by atoms with Gasteiger partial charge in [0.15, 0.2) is 5.82 Å². The molecule has 0 unspecified atom stereocenters. The summed E-state index contributed by atoms with van der Waals surface area (Å²) in [6.45, 7) is 17.8. The first kappa shape index (κ1) is 42.0. The molecule has 4 aromatic rings. The van der Waals surface area contributed by atoms with Crippen molar-refractivity contribution < 1.29 is 25.6 Å². The second-order valence-electron chi connectivity index (χ2n) is 15.4. The van der Waals surface area contributed by atoms with Gasteiger partial charge in [-0.3, -0.25) is 4.98 Å². The maximum Gasteiger partial charge on any atom is 0.224 e. The molecule has 17 heteroatoms. The van der Waals surface area contributed by atoms with E-state index in [1.165, 1.54) is 47.0 Å². The summed E-state index contributed by atoms with van der Waals surface area (Å²) >= 11 is 3.42. The minimum absolute atomic E-state index is 0.0280. The minimum Gasteiger partial charge on any atom is -0.399 e. The van der Waals surface area contributed by atoms with E-state index in [0.29, 0.717) is 45.2 Å². The van der Waals surface area contributed by atoms with Gasteiger partial charge in [-0.2, -0.15) is 0 Å². The normalized spacial score (nSPS) is 24.7. The zero-order valence-electron chi connectivity index (χ0n) is 32.1. The number of nitrogen functional groups attached to an aromatic ring is 1. The molecule has 12 nitrogen and oxygen atoms in total. The highest BCUT2D eigenvalue weighted by molar-refractivity contribution is 9.10. The summed E-state index contributed by atoms with van der Waals surface area (Å²) in [6.07, 6.45) is 3.36. The molecule has 0 spiro atoms. The number of hydrogen-bond donors (Lipinski definition) is 4. The lowest BCUT2D eigenvalue weighted by Gasteiger charge is -2.33. The number of anilines is 3. The highest BCUT2D eigenvalue weighted by atomic mass is 79.9. The third-order valence-corrected chi connectivity index (χ3v) is 15.9. The molecule has 2 aliphatic heterocycles. The Bertz CT molecular complexity index is 2430. The van der Waals surface area contributed by atoms with E-state index in [9.17, 15) is 21.2 Å². The van der Waals surface area contributed by atoms with Crippen LogP contribution in [0.1, 0.15) is 52.7 Å². The summed E-state index contributed by atoms with van der Waals surface area (Å²) in [6, 6.07) is 12.7. The average molecular weight is 862 g/mol. The highest BCUT2D eigenvalue weighted by Crippen LogP contribution is 2.39. The van der Waals surface area contributed by atoms with Crippen LogP contribution in [-0.4, -0.2) is 72.1 Å². The quantitative estimate of drug-likeness (QED) is 0.168. The smallest absolute Gasteiger partial charge is 0.224 e. The van der Waals surface area contributed by atoms with Gasteiger partial charge >= 0.3 is 0 Å². The van der Waals surface area contributed by atoms with Gasteiger partial charge in [-0.1, -0.05) is 13.2 Å². The monoisotopic (exact) mass is 860 g/mol. The molecular formula is C38H47BrF2N8O4S2. The van der Waals surface area contributed by atoms with Gasteiger partial charge in [0.05, 0.1) is 11.1 Å². The van der Waals surface area contributed by atoms with E-state index < -0.39 is 52.3 Å². The molecule has 2 aromatic heterocycles. The van der Waals surface area contributed by atoms with Gasteiger partial charge in [0.25, 0.3) is 0 Å². The fourth-order valence-corrected chi connectivity index (χ4v) is 10.2. The first-order chi connectivity index (χ1) is 25.3. The summed E-state index contributed by atoms with van der Waals surface area (Å²) in [7, 11) is -4.32. The molecule has 0 aliphatic carbocycles. The van der Waals surface area contributed by atoms with Crippen molar-refractivity contribution in [1.29, 1.82) is 0 Å². The third-order valence-electron chi connectivity index (χ3n) is 10.5. The topological polar surface area (TPSA) is 163 Å². The van der Waals surface area contributed by atoms with Gasteiger partial charge in [0, 0.05) is 83.3 Å². The number of nitrogens with zero attached hydrogens (tertiary/aromatic N) is 4. The first-order valence-corrected chi connectivity index (χ1v) is 20.8. The maximum absolute atomic E-state index is 15.1. The molecule has 0 bridgehead atoms. The molecule has 2 fully saturated rings. The van der Waals surface area contributed by atoms with Crippen molar-refractivity contribution >= 4 is 64.1 Å². The molecule has 0 amide bonds. The summed E-state index contributed by atoms with van der Waals surface area (Å²) in [5.74, 6) is -0.369. The molecule has 296 valence electrons. The van der Waals surface area contributed by atoms with Crippen LogP contribution in [0, 0.1) is 11.6 Å². The Hall–Kier alpha value is -4.16. The Balaban J connectivity index is 0.000000229. The van der Waals surface area contributed by atoms with Crippen molar-refractivity contribution in [2.45, 2.75) is 62.1 Å². The Kier molecular flexibility index (Phi) is 11.0. The van der Waals surface area contributed by atoms with Crippen LogP contribution in [0.2, 0.25) is 0 Å². The Labute approximate surface area is 330 Å². The van der Waals surface area contributed by atoms with E-state index in [0.717, 1.165) is 9.86 Å². The number of benzene rings is 2. The number of rotatable bonds is 4. The minimum atomic E-state index is -3.69. The number of sulfonamides is 2. The second-order valence-corrected chi connectivity index (χ2v) is 21.5. The number of aromatic nitrogens is 2. The summed E-state index contributed by atoms with van der Waals surface area (Å²) in [5, 5.41) is 10.4. The molecule has 2 saturated heterocycles. The molecular weight excluding hydrogens is 815 g/mol. The lowest BCUT2D eigenvalue weighted by molar-refractivity contribution is 0.316. The fourth-order valence-electron chi connectivity index (χ4n) is 6.76. The number of pyridine rings is 2. The van der Waals surface area contributed by atoms with E-state index in [2.05, 4.69) is 55.0 Å². The van der Waals surface area contributed by atoms with E-state index >= 15 is 4.39 Å². The number of fused-ring (bicyclic) bond motifs is 1. The molecule has 6 rings (SSSR count). The summed E-state index contributed by atoms with van der Waals surface area (Å²) in [5.41, 5.74) is 6.67. The van der Waals surface area contributed by atoms with Crippen LogP contribution < -0.4 is 21.7 Å². The lowest BCUT2D eigenvalue weighted by Crippen LogP contribution is -2.46. The van der Waals surface area contributed by atoms with Crippen LogP contribution in [0.25, 0.3) is 10.9 Å². The van der Waals surface area contributed by atoms with Gasteiger partial charge in [0.1, 0.15) is 26.6 Å². The van der Waals surface area contributed by atoms with Crippen LogP contribution in [0.3, 0.4) is 0 Å². The van der Waals surface area contributed by atoms with Gasteiger partial charge in [0.2, 0.25) is 20.0 Å². The summed E-state index contributed by atoms with van der Waals surface area (Å²) < 4.78 is 81.6. The van der Waals surface area contributed by atoms with Crippen molar-refractivity contribution in [2.75, 3.05) is 38.2 Å². The van der Waals surface area contributed by atoms with Crippen molar-refractivity contribution in [3.8, 4) is 0 Å². The Morgan fingerprint density at radius 1 is 0.782 bits per heavy atom. The predicted molar refractivity (Wildman–Crippen MR) is 218 cm³/mol. The molecule has 2 aliphatic rings. The number of halogens is 3. The first-order valence-electron chi connectivity index (χ1n) is 17.2. The SMILES string of the molecule is C=C1N[C@](C)(c2cc(N)ccc2F)CN(C)S(=O)(=O)C1(C)C.C=C1N[C@](C)(c2cc(Nc3nccc4cc(Br)cnc34)ccc2F)CN(C)S(=O)(=O)C1(C)C. The average Bonchev–Trinajstić information content (AvgIpc) is 3.16. The Morgan fingerprint density at radius 3 is 1.80 bits per heavy atom. The van der Waals surface area contributed by atoms with Crippen molar-refractivity contribution in [1.82, 2.24) is 29.2 Å². The van der Waals surface area contributed by atoms with Crippen LogP contribution in [0.15, 0.2) is 89.9 Å². The number of nitrogens with two attached hydrogens (primary N) is 1. The Morgan fingerprint density at radius 2 is 1.27 bits per heavy atom. The van der Waals surface area contributed by atoms with Gasteiger partial charge in [-0.25, -0.2) is 39.2 Å². The predicted octanol–water partition coefficient (Wildman–Crippen LogP) is 6.43. The van der Waals surface area contributed by atoms with Crippen molar-refractivity contribution in [2.24, 2.45) is 0 Å². The van der Waals surface area contributed by atoms with Crippen molar-refractivity contribution in [3.63, 3.8) is 0 Å². The molecule has 0 radical (unpaired) electrons. The maximum atomic E-state index is 15.1. The van der Waals surface area contributed by atoms with E-state index in [1.807, 2.05) is 12.1 Å². The molecule has 55 heavy (non-hydrogen) atoms. The fraction of sp³-hybridized carbons (Fsp3) is 0.368. The zero-order valence-corrected chi connectivity index (χ0v) is 35.3.